The molecule has 5 heteroatoms. The van der Waals surface area contributed by atoms with Gasteiger partial charge < -0.3 is 4.74 Å². The third kappa shape index (κ3) is 3.77. The van der Waals surface area contributed by atoms with Gasteiger partial charge in [-0.2, -0.15) is 0 Å². The molecule has 1 saturated heterocycles. The Morgan fingerprint density at radius 2 is 1.96 bits per heavy atom. The number of nitrogens with zero attached hydrogens (tertiary/aromatic N) is 2. The van der Waals surface area contributed by atoms with Crippen molar-refractivity contribution < 1.29 is 14.3 Å². The van der Waals surface area contributed by atoms with E-state index in [1.165, 1.54) is 0 Å². The lowest BCUT2D eigenvalue weighted by atomic mass is 9.92. The van der Waals surface area contributed by atoms with Gasteiger partial charge in [-0.15, -0.1) is 0 Å². The molecule has 130 valence electrons. The number of hydrogen-bond donors (Lipinski definition) is 0. The minimum absolute atomic E-state index is 0.00978. The number of pyridine rings is 1. The molecule has 0 aromatic carbocycles. The summed E-state index contributed by atoms with van der Waals surface area (Å²) in [6.07, 6.45) is 7.83. The van der Waals surface area contributed by atoms with Crippen molar-refractivity contribution in [2.45, 2.75) is 70.4 Å². The van der Waals surface area contributed by atoms with Crippen molar-refractivity contribution in [3.63, 3.8) is 0 Å². The van der Waals surface area contributed by atoms with Gasteiger partial charge in [0.25, 0.3) is 0 Å². The Kier molecular flexibility index (Phi) is 4.61. The van der Waals surface area contributed by atoms with Crippen molar-refractivity contribution in [1.82, 2.24) is 9.88 Å². The summed E-state index contributed by atoms with van der Waals surface area (Å²) >= 11 is 0. The highest BCUT2D eigenvalue weighted by molar-refractivity contribution is 6.02. The maximum atomic E-state index is 13.1. The van der Waals surface area contributed by atoms with E-state index in [2.05, 4.69) is 4.98 Å². The zero-order valence-electron chi connectivity index (χ0n) is 14.7. The van der Waals surface area contributed by atoms with Gasteiger partial charge in [-0.1, -0.05) is 0 Å². The smallest absolute Gasteiger partial charge is 0.410 e. The molecule has 1 atom stereocenters. The van der Waals surface area contributed by atoms with Gasteiger partial charge in [0.1, 0.15) is 5.60 Å². The summed E-state index contributed by atoms with van der Waals surface area (Å²) in [5.74, 6) is 0.487. The fourth-order valence-corrected chi connectivity index (χ4v) is 3.28. The molecule has 0 unspecified atom stereocenters. The van der Waals surface area contributed by atoms with E-state index in [-0.39, 0.29) is 5.78 Å². The maximum Gasteiger partial charge on any atom is 0.410 e. The minimum Gasteiger partial charge on any atom is -0.444 e. The van der Waals surface area contributed by atoms with Gasteiger partial charge in [-0.05, 0) is 70.4 Å². The van der Waals surface area contributed by atoms with Crippen molar-refractivity contribution in [2.75, 3.05) is 6.54 Å². The van der Waals surface area contributed by atoms with E-state index in [1.54, 1.807) is 17.3 Å². The van der Waals surface area contributed by atoms with Crippen LogP contribution >= 0.6 is 0 Å². The van der Waals surface area contributed by atoms with E-state index >= 15 is 0 Å². The molecule has 1 aromatic rings. The third-order valence-electron chi connectivity index (χ3n) is 4.57. The van der Waals surface area contributed by atoms with E-state index < -0.39 is 17.7 Å². The minimum atomic E-state index is -0.560. The molecule has 0 radical (unpaired) electrons. The zero-order chi connectivity index (χ0) is 17.3. The second-order valence-corrected chi connectivity index (χ2v) is 7.79. The van der Waals surface area contributed by atoms with Gasteiger partial charge in [0, 0.05) is 24.5 Å². The molecule has 0 N–H and O–H groups in total. The van der Waals surface area contributed by atoms with Crippen molar-refractivity contribution in [2.24, 2.45) is 0 Å². The number of carbonyl (C=O) groups excluding carboxylic acids is 2. The first-order valence-corrected chi connectivity index (χ1v) is 8.84. The highest BCUT2D eigenvalue weighted by atomic mass is 16.6. The molecule has 0 bridgehead atoms. The summed E-state index contributed by atoms with van der Waals surface area (Å²) in [6.45, 7) is 6.11. The monoisotopic (exact) mass is 330 g/mol. The molecule has 1 saturated carbocycles. The molecule has 24 heavy (non-hydrogen) atoms. The van der Waals surface area contributed by atoms with Crippen LogP contribution in [0.4, 0.5) is 4.79 Å². The van der Waals surface area contributed by atoms with Crippen LogP contribution in [0.1, 0.15) is 74.7 Å². The predicted molar refractivity (Wildman–Crippen MR) is 91.1 cm³/mol. The first kappa shape index (κ1) is 16.9. The van der Waals surface area contributed by atoms with Crippen LogP contribution in [-0.4, -0.2) is 39.9 Å². The number of aromatic nitrogens is 1. The lowest BCUT2D eigenvalue weighted by Gasteiger charge is -2.36. The number of Topliss-reactive ketones (excluding diaryl/α,β-unsaturated/α-hetero) is 1. The quantitative estimate of drug-likeness (QED) is 0.788. The number of ether oxygens (including phenoxy) is 1. The molecule has 1 aromatic heterocycles. The molecule has 2 aliphatic rings. The average molecular weight is 330 g/mol. The molecular weight excluding hydrogens is 304 g/mol. The molecule has 1 amide bonds. The Bertz CT molecular complexity index is 632. The second-order valence-electron chi connectivity index (χ2n) is 7.79. The number of piperidine rings is 1. The van der Waals surface area contributed by atoms with Crippen LogP contribution < -0.4 is 0 Å². The Hall–Kier alpha value is -1.91. The van der Waals surface area contributed by atoms with Crippen molar-refractivity contribution >= 4 is 11.9 Å². The number of rotatable bonds is 3. The maximum absolute atomic E-state index is 13.1. The van der Waals surface area contributed by atoms with Crippen molar-refractivity contribution in [3.05, 3.63) is 29.6 Å². The third-order valence-corrected chi connectivity index (χ3v) is 4.57. The molecule has 2 fully saturated rings. The normalized spacial score (nSPS) is 21.5. The zero-order valence-corrected chi connectivity index (χ0v) is 14.7. The predicted octanol–water partition coefficient (Wildman–Crippen LogP) is 3.93. The van der Waals surface area contributed by atoms with Crippen LogP contribution in [0.25, 0.3) is 0 Å². The van der Waals surface area contributed by atoms with E-state index in [0.29, 0.717) is 24.4 Å². The van der Waals surface area contributed by atoms with Crippen LogP contribution in [0.2, 0.25) is 0 Å². The largest absolute Gasteiger partial charge is 0.444 e. The molecular formula is C19H26N2O3. The first-order chi connectivity index (χ1) is 11.4. The van der Waals surface area contributed by atoms with E-state index in [4.69, 9.17) is 4.74 Å². The number of hydrogen-bond acceptors (Lipinski definition) is 4. The number of amides is 1. The van der Waals surface area contributed by atoms with Gasteiger partial charge in [-0.3, -0.25) is 14.7 Å². The van der Waals surface area contributed by atoms with Gasteiger partial charge in [0.05, 0.1) is 6.04 Å². The summed E-state index contributed by atoms with van der Waals surface area (Å²) in [5, 5.41) is 0. The Morgan fingerprint density at radius 3 is 2.62 bits per heavy atom. The lowest BCUT2D eigenvalue weighted by Crippen LogP contribution is -2.49. The number of likely N-dealkylation sites (tertiary alicyclic amines) is 1. The summed E-state index contributed by atoms with van der Waals surface area (Å²) < 4.78 is 5.50. The SMILES string of the molecule is CC(C)(C)OC(=O)N1CCCC[C@H]1C(=O)c1cnccc1C1CC1. The van der Waals surface area contributed by atoms with E-state index in [1.807, 2.05) is 26.8 Å². The van der Waals surface area contributed by atoms with Gasteiger partial charge >= 0.3 is 6.09 Å². The van der Waals surface area contributed by atoms with E-state index in [0.717, 1.165) is 31.2 Å². The van der Waals surface area contributed by atoms with E-state index in [9.17, 15) is 9.59 Å². The first-order valence-electron chi connectivity index (χ1n) is 8.84. The van der Waals surface area contributed by atoms with Crippen molar-refractivity contribution in [1.29, 1.82) is 0 Å². The number of carbonyl (C=O) groups is 2. The fourth-order valence-electron chi connectivity index (χ4n) is 3.28. The molecule has 5 nitrogen and oxygen atoms in total. The Labute approximate surface area is 143 Å². The Balaban J connectivity index is 1.83. The van der Waals surface area contributed by atoms with Crippen LogP contribution in [0.3, 0.4) is 0 Å². The second kappa shape index (κ2) is 6.54. The van der Waals surface area contributed by atoms with Crippen LogP contribution in [0, 0.1) is 0 Å². The summed E-state index contributed by atoms with van der Waals surface area (Å²) in [5.41, 5.74) is 1.21. The molecule has 1 aliphatic carbocycles. The lowest BCUT2D eigenvalue weighted by molar-refractivity contribution is 0.0104. The fraction of sp³-hybridized carbons (Fsp3) is 0.632. The highest BCUT2D eigenvalue weighted by Crippen LogP contribution is 2.42. The number of ketones is 1. The molecule has 3 rings (SSSR count). The molecule has 2 heterocycles. The summed E-state index contributed by atoms with van der Waals surface area (Å²) in [7, 11) is 0. The highest BCUT2D eigenvalue weighted by Gasteiger charge is 2.37. The van der Waals surface area contributed by atoms with Crippen LogP contribution in [0.15, 0.2) is 18.5 Å². The average Bonchev–Trinajstić information content (AvgIpc) is 3.37. The van der Waals surface area contributed by atoms with Gasteiger partial charge in [-0.25, -0.2) is 4.79 Å². The standard InChI is InChI=1S/C19H26N2O3/c1-19(2,3)24-18(23)21-11-5-4-6-16(21)17(22)15-12-20-10-9-14(15)13-7-8-13/h9-10,12-13,16H,4-8,11H2,1-3H3/t16-/m0/s1. The topological polar surface area (TPSA) is 59.5 Å². The van der Waals surface area contributed by atoms with Crippen molar-refractivity contribution in [3.8, 4) is 0 Å². The molecule has 0 spiro atoms. The molecule has 1 aliphatic heterocycles. The Morgan fingerprint density at radius 1 is 1.21 bits per heavy atom. The van der Waals surface area contributed by atoms with Gasteiger partial charge in [0.2, 0.25) is 0 Å². The van der Waals surface area contributed by atoms with Crippen LogP contribution in [-0.2, 0) is 4.74 Å². The van der Waals surface area contributed by atoms with Gasteiger partial charge in [0.15, 0.2) is 5.78 Å². The summed E-state index contributed by atoms with van der Waals surface area (Å²) in [4.78, 5) is 31.4. The summed E-state index contributed by atoms with van der Waals surface area (Å²) in [6, 6.07) is 1.52. The van der Waals surface area contributed by atoms with Crippen LogP contribution in [0.5, 0.6) is 0 Å².